The highest BCUT2D eigenvalue weighted by Crippen LogP contribution is 2.10. The van der Waals surface area contributed by atoms with Gasteiger partial charge in [0.25, 0.3) is 0 Å². The molecule has 0 unspecified atom stereocenters. The van der Waals surface area contributed by atoms with Crippen LogP contribution in [0.25, 0.3) is 0 Å². The second-order valence-corrected chi connectivity index (χ2v) is 4.89. The van der Waals surface area contributed by atoms with Crippen molar-refractivity contribution in [2.75, 3.05) is 7.05 Å². The molecule has 0 bridgehead atoms. The lowest BCUT2D eigenvalue weighted by molar-refractivity contribution is 0.700. The second-order valence-electron chi connectivity index (χ2n) is 3.57. The standard InChI is InChI=1S/C10H18N4S/c1-7(2)14-10(11-4)13-6-9-5-12-8(3)15-9/h5,7H,6H2,1-4H3,(H2,11,13,14). The number of hydrogen-bond acceptors (Lipinski definition) is 3. The van der Waals surface area contributed by atoms with Gasteiger partial charge in [-0.3, -0.25) is 4.99 Å². The fourth-order valence-corrected chi connectivity index (χ4v) is 1.86. The van der Waals surface area contributed by atoms with E-state index in [1.807, 2.05) is 13.1 Å². The van der Waals surface area contributed by atoms with Crippen LogP contribution in [0, 0.1) is 6.92 Å². The topological polar surface area (TPSA) is 49.3 Å². The number of rotatable bonds is 3. The van der Waals surface area contributed by atoms with Gasteiger partial charge in [-0.05, 0) is 20.8 Å². The third kappa shape index (κ3) is 4.29. The SMILES string of the molecule is CN=C(NCc1cnc(C)s1)NC(C)C. The van der Waals surface area contributed by atoms with E-state index in [1.165, 1.54) is 4.88 Å². The van der Waals surface area contributed by atoms with E-state index >= 15 is 0 Å². The average Bonchev–Trinajstić information content (AvgIpc) is 2.58. The van der Waals surface area contributed by atoms with Crippen molar-refractivity contribution in [1.82, 2.24) is 15.6 Å². The van der Waals surface area contributed by atoms with Crippen LogP contribution < -0.4 is 10.6 Å². The maximum atomic E-state index is 4.20. The molecule has 0 saturated carbocycles. The molecule has 0 aliphatic carbocycles. The van der Waals surface area contributed by atoms with E-state index in [-0.39, 0.29) is 0 Å². The third-order valence-electron chi connectivity index (χ3n) is 1.75. The van der Waals surface area contributed by atoms with Crippen molar-refractivity contribution in [3.63, 3.8) is 0 Å². The number of hydrogen-bond donors (Lipinski definition) is 2. The summed E-state index contributed by atoms with van der Waals surface area (Å²) in [6.07, 6.45) is 1.90. The summed E-state index contributed by atoms with van der Waals surface area (Å²) in [4.78, 5) is 9.55. The molecule has 15 heavy (non-hydrogen) atoms. The van der Waals surface area contributed by atoms with Gasteiger partial charge in [-0.15, -0.1) is 11.3 Å². The molecule has 1 aromatic heterocycles. The largest absolute Gasteiger partial charge is 0.354 e. The van der Waals surface area contributed by atoms with Crippen LogP contribution in [0.4, 0.5) is 0 Å². The van der Waals surface area contributed by atoms with Crippen LogP contribution in [-0.4, -0.2) is 24.0 Å². The van der Waals surface area contributed by atoms with E-state index in [2.05, 4.69) is 34.5 Å². The van der Waals surface area contributed by atoms with Gasteiger partial charge in [0.2, 0.25) is 0 Å². The van der Waals surface area contributed by atoms with Crippen LogP contribution in [0.2, 0.25) is 0 Å². The fourth-order valence-electron chi connectivity index (χ4n) is 1.13. The molecule has 0 aliphatic rings. The summed E-state index contributed by atoms with van der Waals surface area (Å²) in [5.74, 6) is 0.830. The highest BCUT2D eigenvalue weighted by Gasteiger charge is 2.01. The van der Waals surface area contributed by atoms with Gasteiger partial charge < -0.3 is 10.6 Å². The lowest BCUT2D eigenvalue weighted by atomic mass is 10.4. The number of aryl methyl sites for hydroxylation is 1. The zero-order chi connectivity index (χ0) is 11.3. The summed E-state index contributed by atoms with van der Waals surface area (Å²) >= 11 is 1.70. The molecule has 0 spiro atoms. The molecule has 84 valence electrons. The van der Waals surface area contributed by atoms with Crippen LogP contribution in [0.15, 0.2) is 11.2 Å². The monoisotopic (exact) mass is 226 g/mol. The normalized spacial score (nSPS) is 11.9. The number of nitrogens with one attached hydrogen (secondary N) is 2. The first-order chi connectivity index (χ1) is 7.11. The van der Waals surface area contributed by atoms with Crippen LogP contribution in [0.3, 0.4) is 0 Å². The number of aliphatic imine (C=N–C) groups is 1. The van der Waals surface area contributed by atoms with E-state index in [4.69, 9.17) is 0 Å². The van der Waals surface area contributed by atoms with Gasteiger partial charge in [0.1, 0.15) is 0 Å². The van der Waals surface area contributed by atoms with Crippen molar-refractivity contribution in [1.29, 1.82) is 0 Å². The zero-order valence-electron chi connectivity index (χ0n) is 9.66. The Hall–Kier alpha value is -1.10. The highest BCUT2D eigenvalue weighted by atomic mass is 32.1. The smallest absolute Gasteiger partial charge is 0.191 e. The maximum Gasteiger partial charge on any atom is 0.191 e. The molecule has 1 rings (SSSR count). The first-order valence-corrected chi connectivity index (χ1v) is 5.82. The Morgan fingerprint density at radius 2 is 2.33 bits per heavy atom. The van der Waals surface area contributed by atoms with Crippen molar-refractivity contribution in [2.45, 2.75) is 33.4 Å². The molecule has 4 nitrogen and oxygen atoms in total. The van der Waals surface area contributed by atoms with Gasteiger partial charge in [-0.25, -0.2) is 4.98 Å². The molecule has 1 heterocycles. The molecular formula is C10H18N4S. The summed E-state index contributed by atoms with van der Waals surface area (Å²) in [7, 11) is 1.77. The van der Waals surface area contributed by atoms with Crippen LogP contribution in [0.5, 0.6) is 0 Å². The minimum Gasteiger partial charge on any atom is -0.354 e. The number of aromatic nitrogens is 1. The molecule has 0 saturated heterocycles. The molecular weight excluding hydrogens is 208 g/mol. The third-order valence-corrected chi connectivity index (χ3v) is 2.66. The van der Waals surface area contributed by atoms with E-state index in [0.717, 1.165) is 17.5 Å². The second kappa shape index (κ2) is 5.70. The van der Waals surface area contributed by atoms with Crippen molar-refractivity contribution in [3.05, 3.63) is 16.1 Å². The Labute approximate surface area is 94.8 Å². The quantitative estimate of drug-likeness (QED) is 0.607. The van der Waals surface area contributed by atoms with Gasteiger partial charge >= 0.3 is 0 Å². The predicted molar refractivity (Wildman–Crippen MR) is 65.3 cm³/mol. The van der Waals surface area contributed by atoms with E-state index in [9.17, 15) is 0 Å². The molecule has 0 atom stereocenters. The summed E-state index contributed by atoms with van der Waals surface area (Å²) in [6, 6.07) is 0.388. The Kier molecular flexibility index (Phi) is 4.55. The maximum absolute atomic E-state index is 4.20. The van der Waals surface area contributed by atoms with E-state index in [0.29, 0.717) is 6.04 Å². The average molecular weight is 226 g/mol. The van der Waals surface area contributed by atoms with Crippen molar-refractivity contribution in [2.24, 2.45) is 4.99 Å². The molecule has 0 aromatic carbocycles. The Balaban J connectivity index is 2.41. The molecule has 5 heteroatoms. The minimum atomic E-state index is 0.388. The molecule has 0 fully saturated rings. The summed E-state index contributed by atoms with van der Waals surface area (Å²) in [5, 5.41) is 7.57. The number of nitrogens with zero attached hydrogens (tertiary/aromatic N) is 2. The Bertz CT molecular complexity index is 330. The summed E-state index contributed by atoms with van der Waals surface area (Å²) in [6.45, 7) is 6.96. The molecule has 0 aliphatic heterocycles. The molecule has 0 amide bonds. The van der Waals surface area contributed by atoms with Crippen LogP contribution in [0.1, 0.15) is 23.7 Å². The first kappa shape index (κ1) is 12.0. The highest BCUT2D eigenvalue weighted by molar-refractivity contribution is 7.11. The van der Waals surface area contributed by atoms with Gasteiger partial charge in [0, 0.05) is 24.2 Å². The summed E-state index contributed by atoms with van der Waals surface area (Å²) < 4.78 is 0. The van der Waals surface area contributed by atoms with Crippen LogP contribution >= 0.6 is 11.3 Å². The molecule has 0 radical (unpaired) electrons. The zero-order valence-corrected chi connectivity index (χ0v) is 10.5. The van der Waals surface area contributed by atoms with Crippen LogP contribution in [-0.2, 0) is 6.54 Å². The van der Waals surface area contributed by atoms with Gasteiger partial charge in [-0.2, -0.15) is 0 Å². The molecule has 2 N–H and O–H groups in total. The lowest BCUT2D eigenvalue weighted by Crippen LogP contribution is -2.40. The Morgan fingerprint density at radius 1 is 1.60 bits per heavy atom. The number of thiazole rings is 1. The Morgan fingerprint density at radius 3 is 2.80 bits per heavy atom. The van der Waals surface area contributed by atoms with Gasteiger partial charge in [0.15, 0.2) is 5.96 Å². The predicted octanol–water partition coefficient (Wildman–Crippen LogP) is 1.52. The van der Waals surface area contributed by atoms with Crippen molar-refractivity contribution in [3.8, 4) is 0 Å². The van der Waals surface area contributed by atoms with Crippen molar-refractivity contribution < 1.29 is 0 Å². The van der Waals surface area contributed by atoms with E-state index in [1.54, 1.807) is 18.4 Å². The van der Waals surface area contributed by atoms with Crippen molar-refractivity contribution >= 4 is 17.3 Å². The van der Waals surface area contributed by atoms with E-state index < -0.39 is 0 Å². The minimum absolute atomic E-state index is 0.388. The van der Waals surface area contributed by atoms with Gasteiger partial charge in [-0.1, -0.05) is 0 Å². The number of guanidine groups is 1. The lowest BCUT2D eigenvalue weighted by Gasteiger charge is -2.13. The summed E-state index contributed by atoms with van der Waals surface area (Å²) in [5.41, 5.74) is 0. The fraction of sp³-hybridized carbons (Fsp3) is 0.600. The first-order valence-electron chi connectivity index (χ1n) is 5.00. The van der Waals surface area contributed by atoms with Gasteiger partial charge in [0.05, 0.1) is 11.6 Å². The molecule has 1 aromatic rings.